The summed E-state index contributed by atoms with van der Waals surface area (Å²) >= 11 is 1.41. The molecule has 2 heterocycles. The third-order valence-electron chi connectivity index (χ3n) is 3.43. The van der Waals surface area contributed by atoms with Gasteiger partial charge in [-0.05, 0) is 44.7 Å². The predicted molar refractivity (Wildman–Crippen MR) is 84.7 cm³/mol. The van der Waals surface area contributed by atoms with E-state index in [-0.39, 0.29) is 23.6 Å². The van der Waals surface area contributed by atoms with E-state index in [1.165, 1.54) is 18.9 Å². The zero-order valence-electron chi connectivity index (χ0n) is 13.1. The molecule has 1 saturated heterocycles. The molecular weight excluding hydrogens is 302 g/mol. The Hall–Kier alpha value is -1.11. The van der Waals surface area contributed by atoms with Gasteiger partial charge >= 0.3 is 5.97 Å². The van der Waals surface area contributed by atoms with Crippen molar-refractivity contribution in [3.8, 4) is 0 Å². The molecule has 0 amide bonds. The van der Waals surface area contributed by atoms with E-state index in [0.717, 1.165) is 30.9 Å². The first-order valence-electron chi connectivity index (χ1n) is 7.61. The van der Waals surface area contributed by atoms with Crippen LogP contribution >= 0.6 is 11.8 Å². The molecule has 1 aliphatic heterocycles. The van der Waals surface area contributed by atoms with Gasteiger partial charge in [0.1, 0.15) is 5.25 Å². The zero-order valence-corrected chi connectivity index (χ0v) is 13.9. The van der Waals surface area contributed by atoms with Crippen LogP contribution in [0, 0.1) is 0 Å². The van der Waals surface area contributed by atoms with Crippen LogP contribution in [0.5, 0.6) is 0 Å². The zero-order chi connectivity index (χ0) is 15.8. The summed E-state index contributed by atoms with van der Waals surface area (Å²) in [6, 6.07) is 5.64. The number of carbonyl (C=O) groups is 1. The van der Waals surface area contributed by atoms with Crippen molar-refractivity contribution in [2.45, 2.75) is 55.3 Å². The SMILES string of the molecule is COC(=O)C(C[C@@H](C)O[C@@H]1CCCCO1)Sc1ccccn1. The fraction of sp³-hybridized carbons (Fsp3) is 0.625. The summed E-state index contributed by atoms with van der Waals surface area (Å²) in [5.74, 6) is -0.254. The third-order valence-corrected chi connectivity index (χ3v) is 4.59. The highest BCUT2D eigenvalue weighted by Crippen LogP contribution is 2.27. The second kappa shape index (κ2) is 9.12. The quantitative estimate of drug-likeness (QED) is 0.567. The summed E-state index contributed by atoms with van der Waals surface area (Å²) in [4.78, 5) is 16.2. The average Bonchev–Trinajstić information content (AvgIpc) is 2.55. The fourth-order valence-corrected chi connectivity index (χ4v) is 3.45. The molecule has 0 radical (unpaired) electrons. The Balaban J connectivity index is 1.89. The summed E-state index contributed by atoms with van der Waals surface area (Å²) in [7, 11) is 1.41. The molecule has 2 rings (SSSR count). The molecule has 0 bridgehead atoms. The molecular formula is C16H23NO4S. The average molecular weight is 325 g/mol. The van der Waals surface area contributed by atoms with Crippen LogP contribution in [0.15, 0.2) is 29.4 Å². The minimum atomic E-state index is -0.335. The summed E-state index contributed by atoms with van der Waals surface area (Å²) in [5.41, 5.74) is 0. The highest BCUT2D eigenvalue weighted by molar-refractivity contribution is 8.00. The van der Waals surface area contributed by atoms with Crippen LogP contribution in [-0.2, 0) is 19.0 Å². The normalized spacial score (nSPS) is 21.1. The third kappa shape index (κ3) is 5.59. The molecule has 5 nitrogen and oxygen atoms in total. The maximum absolute atomic E-state index is 12.0. The second-order valence-corrected chi connectivity index (χ2v) is 6.50. The van der Waals surface area contributed by atoms with E-state index in [2.05, 4.69) is 4.98 Å². The monoisotopic (exact) mass is 325 g/mol. The van der Waals surface area contributed by atoms with Crippen molar-refractivity contribution in [3.63, 3.8) is 0 Å². The highest BCUT2D eigenvalue weighted by atomic mass is 32.2. The van der Waals surface area contributed by atoms with Crippen molar-refractivity contribution in [2.75, 3.05) is 13.7 Å². The Bertz CT molecular complexity index is 451. The van der Waals surface area contributed by atoms with Gasteiger partial charge in [0.2, 0.25) is 0 Å². The molecule has 1 aromatic rings. The Kier molecular flexibility index (Phi) is 7.15. The van der Waals surface area contributed by atoms with Crippen LogP contribution in [-0.4, -0.2) is 42.3 Å². The molecule has 0 spiro atoms. The second-order valence-electron chi connectivity index (χ2n) is 5.28. The molecule has 0 aliphatic carbocycles. The Morgan fingerprint density at radius 3 is 3.00 bits per heavy atom. The van der Waals surface area contributed by atoms with E-state index >= 15 is 0 Å². The summed E-state index contributed by atoms with van der Waals surface area (Å²) in [6.45, 7) is 2.72. The number of pyridine rings is 1. The smallest absolute Gasteiger partial charge is 0.319 e. The van der Waals surface area contributed by atoms with Gasteiger partial charge in [0.05, 0.1) is 18.2 Å². The van der Waals surface area contributed by atoms with E-state index in [4.69, 9.17) is 14.2 Å². The maximum atomic E-state index is 12.0. The lowest BCUT2D eigenvalue weighted by Crippen LogP contribution is -2.30. The van der Waals surface area contributed by atoms with Crippen molar-refractivity contribution < 1.29 is 19.0 Å². The van der Waals surface area contributed by atoms with Gasteiger partial charge in [-0.1, -0.05) is 17.8 Å². The molecule has 0 N–H and O–H groups in total. The van der Waals surface area contributed by atoms with Gasteiger partial charge in [-0.15, -0.1) is 0 Å². The van der Waals surface area contributed by atoms with Crippen molar-refractivity contribution in [2.24, 2.45) is 0 Å². The van der Waals surface area contributed by atoms with Gasteiger partial charge in [0.25, 0.3) is 0 Å². The molecule has 122 valence electrons. The molecule has 1 fully saturated rings. The lowest BCUT2D eigenvalue weighted by atomic mass is 10.2. The van der Waals surface area contributed by atoms with E-state index < -0.39 is 0 Å². The Labute approximate surface area is 135 Å². The van der Waals surface area contributed by atoms with Crippen LogP contribution in [0.25, 0.3) is 0 Å². The fourth-order valence-electron chi connectivity index (χ4n) is 2.32. The van der Waals surface area contributed by atoms with Crippen molar-refractivity contribution >= 4 is 17.7 Å². The van der Waals surface area contributed by atoms with E-state index in [1.54, 1.807) is 6.20 Å². The first-order valence-corrected chi connectivity index (χ1v) is 8.49. The number of methoxy groups -OCH3 is 1. The van der Waals surface area contributed by atoms with E-state index in [1.807, 2.05) is 25.1 Å². The minimum Gasteiger partial charge on any atom is -0.468 e. The number of hydrogen-bond acceptors (Lipinski definition) is 6. The van der Waals surface area contributed by atoms with Gasteiger partial charge in [-0.3, -0.25) is 4.79 Å². The van der Waals surface area contributed by atoms with Gasteiger partial charge < -0.3 is 14.2 Å². The highest BCUT2D eigenvalue weighted by Gasteiger charge is 2.26. The summed E-state index contributed by atoms with van der Waals surface area (Å²) in [5, 5.41) is 0.470. The van der Waals surface area contributed by atoms with Crippen LogP contribution < -0.4 is 0 Å². The molecule has 0 saturated carbocycles. The first-order chi connectivity index (χ1) is 10.7. The van der Waals surface area contributed by atoms with Gasteiger partial charge in [-0.25, -0.2) is 4.98 Å². The van der Waals surface area contributed by atoms with Gasteiger partial charge in [0.15, 0.2) is 6.29 Å². The van der Waals surface area contributed by atoms with Crippen molar-refractivity contribution in [1.29, 1.82) is 0 Å². The number of aromatic nitrogens is 1. The summed E-state index contributed by atoms with van der Waals surface area (Å²) < 4.78 is 16.4. The molecule has 1 unspecified atom stereocenters. The topological polar surface area (TPSA) is 57.7 Å². The number of esters is 1. The van der Waals surface area contributed by atoms with Gasteiger partial charge in [0, 0.05) is 12.8 Å². The largest absolute Gasteiger partial charge is 0.468 e. The van der Waals surface area contributed by atoms with Crippen molar-refractivity contribution in [1.82, 2.24) is 4.98 Å². The molecule has 22 heavy (non-hydrogen) atoms. The molecule has 1 aliphatic rings. The van der Waals surface area contributed by atoms with E-state index in [9.17, 15) is 4.79 Å². The van der Waals surface area contributed by atoms with Crippen LogP contribution in [0.1, 0.15) is 32.6 Å². The number of hydrogen-bond donors (Lipinski definition) is 0. The summed E-state index contributed by atoms with van der Waals surface area (Å²) in [6.07, 6.45) is 5.18. The Morgan fingerprint density at radius 1 is 1.50 bits per heavy atom. The lowest BCUT2D eigenvalue weighted by molar-refractivity contribution is -0.186. The van der Waals surface area contributed by atoms with Crippen LogP contribution in [0.2, 0.25) is 0 Å². The molecule has 3 atom stereocenters. The number of ether oxygens (including phenoxy) is 3. The number of thioether (sulfide) groups is 1. The lowest BCUT2D eigenvalue weighted by Gasteiger charge is -2.27. The number of rotatable bonds is 7. The van der Waals surface area contributed by atoms with Crippen molar-refractivity contribution in [3.05, 3.63) is 24.4 Å². The Morgan fingerprint density at radius 2 is 2.36 bits per heavy atom. The van der Waals surface area contributed by atoms with Gasteiger partial charge in [-0.2, -0.15) is 0 Å². The van der Waals surface area contributed by atoms with E-state index in [0.29, 0.717) is 6.42 Å². The van der Waals surface area contributed by atoms with Crippen LogP contribution in [0.4, 0.5) is 0 Å². The molecule has 0 aromatic carbocycles. The first kappa shape index (κ1) is 17.2. The standard InChI is InChI=1S/C16H23NO4S/c1-12(21-15-8-4-6-10-20-15)11-13(16(18)19-2)22-14-7-3-5-9-17-14/h3,5,7,9,12-13,15H,4,6,8,10-11H2,1-2H3/t12-,13?,15-/m1/s1. The van der Waals surface area contributed by atoms with Crippen LogP contribution in [0.3, 0.4) is 0 Å². The number of nitrogens with zero attached hydrogens (tertiary/aromatic N) is 1. The minimum absolute atomic E-state index is 0.0802. The maximum Gasteiger partial charge on any atom is 0.319 e. The predicted octanol–water partition coefficient (Wildman–Crippen LogP) is 3.04. The molecule has 1 aromatic heterocycles. The molecule has 6 heteroatoms. The number of carbonyl (C=O) groups excluding carboxylic acids is 1.